The van der Waals surface area contributed by atoms with Gasteiger partial charge in [-0.3, -0.25) is 0 Å². The highest BCUT2D eigenvalue weighted by Gasteiger charge is 2.64. The van der Waals surface area contributed by atoms with Crippen molar-refractivity contribution in [3.8, 4) is 0 Å². The molecular formula is C12H21N3. The standard InChI is InChI=1S/C12H21N3/c1-8-13-6-9(15-8)7-14-10-11(2,3)12(10,4)5/h6,10,14H,7H2,1-5H3,(H,13,15). The van der Waals surface area contributed by atoms with Crippen LogP contribution in [0.1, 0.15) is 39.2 Å². The van der Waals surface area contributed by atoms with E-state index in [4.69, 9.17) is 0 Å². The van der Waals surface area contributed by atoms with Gasteiger partial charge in [0.2, 0.25) is 0 Å². The highest BCUT2D eigenvalue weighted by atomic mass is 15.1. The molecule has 0 amide bonds. The van der Waals surface area contributed by atoms with Crippen molar-refractivity contribution in [1.29, 1.82) is 0 Å². The molecule has 0 spiro atoms. The summed E-state index contributed by atoms with van der Waals surface area (Å²) in [5.41, 5.74) is 1.98. The maximum atomic E-state index is 4.19. The Labute approximate surface area is 91.7 Å². The molecule has 0 bridgehead atoms. The SMILES string of the molecule is Cc1ncc(CNC2C(C)(C)C2(C)C)[nH]1. The van der Waals surface area contributed by atoms with E-state index in [2.05, 4.69) is 43.0 Å². The van der Waals surface area contributed by atoms with Crippen LogP contribution in [0, 0.1) is 17.8 Å². The number of nitrogens with zero attached hydrogens (tertiary/aromatic N) is 1. The molecule has 3 nitrogen and oxygen atoms in total. The number of aromatic nitrogens is 2. The van der Waals surface area contributed by atoms with Crippen molar-refractivity contribution in [2.24, 2.45) is 10.8 Å². The molecule has 0 radical (unpaired) electrons. The third-order valence-electron chi connectivity index (χ3n) is 4.27. The van der Waals surface area contributed by atoms with Crippen molar-refractivity contribution in [3.05, 3.63) is 17.7 Å². The molecule has 1 aromatic rings. The van der Waals surface area contributed by atoms with Gasteiger partial charge in [0.1, 0.15) is 5.82 Å². The number of nitrogens with one attached hydrogen (secondary N) is 2. The van der Waals surface area contributed by atoms with Gasteiger partial charge >= 0.3 is 0 Å². The first-order valence-corrected chi connectivity index (χ1v) is 5.59. The van der Waals surface area contributed by atoms with E-state index < -0.39 is 0 Å². The lowest BCUT2D eigenvalue weighted by Gasteiger charge is -2.04. The van der Waals surface area contributed by atoms with Gasteiger partial charge in [-0.2, -0.15) is 0 Å². The Balaban J connectivity index is 1.91. The zero-order valence-corrected chi connectivity index (χ0v) is 10.3. The number of aromatic amines is 1. The summed E-state index contributed by atoms with van der Waals surface area (Å²) in [4.78, 5) is 7.43. The van der Waals surface area contributed by atoms with E-state index in [0.29, 0.717) is 16.9 Å². The van der Waals surface area contributed by atoms with Gasteiger partial charge in [0.05, 0.1) is 0 Å². The minimum Gasteiger partial charge on any atom is -0.345 e. The van der Waals surface area contributed by atoms with Gasteiger partial charge < -0.3 is 10.3 Å². The summed E-state index contributed by atoms with van der Waals surface area (Å²) in [5, 5.41) is 3.60. The molecule has 0 saturated heterocycles. The fourth-order valence-electron chi connectivity index (χ4n) is 2.48. The molecule has 1 aromatic heterocycles. The molecule has 1 fully saturated rings. The average molecular weight is 207 g/mol. The Bertz CT molecular complexity index is 349. The molecule has 0 unspecified atom stereocenters. The van der Waals surface area contributed by atoms with E-state index in [9.17, 15) is 0 Å². The van der Waals surface area contributed by atoms with Gasteiger partial charge in [-0.15, -0.1) is 0 Å². The normalized spacial score (nSPS) is 23.0. The minimum atomic E-state index is 0.405. The maximum Gasteiger partial charge on any atom is 0.103 e. The number of H-pyrrole nitrogens is 1. The molecule has 2 N–H and O–H groups in total. The zero-order chi connectivity index (χ0) is 11.3. The van der Waals surface area contributed by atoms with Crippen LogP contribution in [-0.2, 0) is 6.54 Å². The largest absolute Gasteiger partial charge is 0.345 e. The second-order valence-electron chi connectivity index (χ2n) is 5.75. The fraction of sp³-hybridized carbons (Fsp3) is 0.750. The first-order chi connectivity index (χ1) is 6.85. The maximum absolute atomic E-state index is 4.19. The lowest BCUT2D eigenvalue weighted by atomic mass is 10.0. The van der Waals surface area contributed by atoms with E-state index in [1.54, 1.807) is 0 Å². The molecular weight excluding hydrogens is 186 g/mol. The van der Waals surface area contributed by atoms with Crippen LogP contribution in [0.25, 0.3) is 0 Å². The van der Waals surface area contributed by atoms with Crippen molar-refractivity contribution in [1.82, 2.24) is 15.3 Å². The zero-order valence-electron chi connectivity index (χ0n) is 10.3. The Morgan fingerprint density at radius 1 is 1.33 bits per heavy atom. The van der Waals surface area contributed by atoms with E-state index in [-0.39, 0.29) is 0 Å². The molecule has 1 aliphatic carbocycles. The smallest absolute Gasteiger partial charge is 0.103 e. The third-order valence-corrected chi connectivity index (χ3v) is 4.27. The first-order valence-electron chi connectivity index (χ1n) is 5.59. The number of rotatable bonds is 3. The first kappa shape index (κ1) is 10.7. The van der Waals surface area contributed by atoms with Crippen LogP contribution in [0.3, 0.4) is 0 Å². The Hall–Kier alpha value is -0.830. The molecule has 3 heteroatoms. The van der Waals surface area contributed by atoms with Crippen LogP contribution in [0.15, 0.2) is 6.20 Å². The van der Waals surface area contributed by atoms with Crippen LogP contribution in [0.2, 0.25) is 0 Å². The summed E-state index contributed by atoms with van der Waals surface area (Å²) in [6.45, 7) is 12.2. The van der Waals surface area contributed by atoms with Gasteiger partial charge in [0.25, 0.3) is 0 Å². The van der Waals surface area contributed by atoms with E-state index in [0.717, 1.165) is 12.4 Å². The number of hydrogen-bond donors (Lipinski definition) is 2. The number of imidazole rings is 1. The van der Waals surface area contributed by atoms with Gasteiger partial charge in [-0.1, -0.05) is 27.7 Å². The molecule has 1 heterocycles. The van der Waals surface area contributed by atoms with Gasteiger partial charge in [-0.25, -0.2) is 4.98 Å². The van der Waals surface area contributed by atoms with E-state index >= 15 is 0 Å². The van der Waals surface area contributed by atoms with Crippen molar-refractivity contribution in [2.75, 3.05) is 0 Å². The van der Waals surface area contributed by atoms with Crippen LogP contribution in [0.4, 0.5) is 0 Å². The lowest BCUT2D eigenvalue weighted by Crippen LogP contribution is -2.21. The molecule has 0 aromatic carbocycles. The minimum absolute atomic E-state index is 0.405. The average Bonchev–Trinajstić information content (AvgIpc) is 2.50. The Kier molecular flexibility index (Phi) is 2.19. The summed E-state index contributed by atoms with van der Waals surface area (Å²) >= 11 is 0. The van der Waals surface area contributed by atoms with Gasteiger partial charge in [0.15, 0.2) is 0 Å². The summed E-state index contributed by atoms with van der Waals surface area (Å²) < 4.78 is 0. The second kappa shape index (κ2) is 3.08. The molecule has 0 aliphatic heterocycles. The third kappa shape index (κ3) is 1.59. The van der Waals surface area contributed by atoms with Gasteiger partial charge in [-0.05, 0) is 17.8 Å². The second-order valence-corrected chi connectivity index (χ2v) is 5.75. The molecule has 1 aliphatic rings. The summed E-state index contributed by atoms with van der Waals surface area (Å²) in [5.74, 6) is 0.987. The molecule has 2 rings (SSSR count). The van der Waals surface area contributed by atoms with Gasteiger partial charge in [0, 0.05) is 24.5 Å². The fourth-order valence-corrected chi connectivity index (χ4v) is 2.48. The van der Waals surface area contributed by atoms with Crippen molar-refractivity contribution < 1.29 is 0 Å². The topological polar surface area (TPSA) is 40.7 Å². The number of aryl methyl sites for hydroxylation is 1. The van der Waals surface area contributed by atoms with Crippen LogP contribution < -0.4 is 5.32 Å². The van der Waals surface area contributed by atoms with Crippen LogP contribution in [0.5, 0.6) is 0 Å². The molecule has 1 saturated carbocycles. The molecule has 0 atom stereocenters. The molecule has 84 valence electrons. The predicted octanol–water partition coefficient (Wildman–Crippen LogP) is 2.24. The highest BCUT2D eigenvalue weighted by Crippen LogP contribution is 2.62. The lowest BCUT2D eigenvalue weighted by molar-refractivity contribution is 0.457. The highest BCUT2D eigenvalue weighted by molar-refractivity contribution is 5.18. The van der Waals surface area contributed by atoms with Crippen molar-refractivity contribution in [2.45, 2.75) is 47.2 Å². The quantitative estimate of drug-likeness (QED) is 0.798. The summed E-state index contributed by atoms with van der Waals surface area (Å²) in [6, 6.07) is 0.605. The van der Waals surface area contributed by atoms with E-state index in [1.165, 1.54) is 5.69 Å². The Morgan fingerprint density at radius 3 is 2.33 bits per heavy atom. The van der Waals surface area contributed by atoms with E-state index in [1.807, 2.05) is 13.1 Å². The van der Waals surface area contributed by atoms with Crippen LogP contribution >= 0.6 is 0 Å². The monoisotopic (exact) mass is 207 g/mol. The summed E-state index contributed by atoms with van der Waals surface area (Å²) in [6.07, 6.45) is 1.91. The number of hydrogen-bond acceptors (Lipinski definition) is 2. The predicted molar refractivity (Wildman–Crippen MR) is 61.5 cm³/mol. The summed E-state index contributed by atoms with van der Waals surface area (Å²) in [7, 11) is 0. The Morgan fingerprint density at radius 2 is 1.93 bits per heavy atom. The van der Waals surface area contributed by atoms with Crippen molar-refractivity contribution in [3.63, 3.8) is 0 Å². The molecule has 15 heavy (non-hydrogen) atoms. The van der Waals surface area contributed by atoms with Crippen LogP contribution in [-0.4, -0.2) is 16.0 Å². The van der Waals surface area contributed by atoms with Crippen molar-refractivity contribution >= 4 is 0 Å².